The third kappa shape index (κ3) is 5.78. The molecule has 0 saturated carbocycles. The second-order valence-corrected chi connectivity index (χ2v) is 9.23. The monoisotopic (exact) mass is 464 g/mol. The molecular weight excluding hydrogens is 440 g/mol. The summed E-state index contributed by atoms with van der Waals surface area (Å²) in [5.74, 6) is 0.775. The van der Waals surface area contributed by atoms with Crippen LogP contribution in [0.3, 0.4) is 0 Å². The second-order valence-electron chi connectivity index (χ2n) is 7.11. The van der Waals surface area contributed by atoms with Crippen LogP contribution in [-0.4, -0.2) is 52.6 Å². The summed E-state index contributed by atoms with van der Waals surface area (Å²) >= 11 is 6.20. The van der Waals surface area contributed by atoms with Crippen LogP contribution >= 0.6 is 11.6 Å². The van der Waals surface area contributed by atoms with E-state index in [1.54, 1.807) is 53.4 Å². The SMILES string of the molecule is COc1cc(/C=C/C(=O)N2CCC(NS(=O)(=O)c3ccccc3)CC2)cc(Cl)c1OC. The molecule has 0 atom stereocenters. The van der Waals surface area contributed by atoms with Crippen LogP contribution < -0.4 is 14.2 Å². The quantitative estimate of drug-likeness (QED) is 0.635. The molecule has 1 saturated heterocycles. The smallest absolute Gasteiger partial charge is 0.246 e. The minimum absolute atomic E-state index is 0.143. The van der Waals surface area contributed by atoms with Gasteiger partial charge in [0.1, 0.15) is 0 Å². The minimum atomic E-state index is -3.56. The van der Waals surface area contributed by atoms with Gasteiger partial charge in [-0.1, -0.05) is 29.8 Å². The predicted molar refractivity (Wildman–Crippen MR) is 120 cm³/mol. The molecule has 0 spiro atoms. The highest BCUT2D eigenvalue weighted by Crippen LogP contribution is 2.36. The molecule has 0 radical (unpaired) electrons. The van der Waals surface area contributed by atoms with Gasteiger partial charge >= 0.3 is 0 Å². The molecule has 9 heteroatoms. The molecule has 166 valence electrons. The Morgan fingerprint density at radius 2 is 1.81 bits per heavy atom. The number of carbonyl (C=O) groups is 1. The van der Waals surface area contributed by atoms with Gasteiger partial charge in [-0.2, -0.15) is 0 Å². The van der Waals surface area contributed by atoms with Crippen molar-refractivity contribution in [3.63, 3.8) is 0 Å². The van der Waals surface area contributed by atoms with Gasteiger partial charge in [-0.3, -0.25) is 4.79 Å². The van der Waals surface area contributed by atoms with Crippen molar-refractivity contribution in [1.82, 2.24) is 9.62 Å². The zero-order chi connectivity index (χ0) is 22.4. The highest BCUT2D eigenvalue weighted by Gasteiger charge is 2.26. The zero-order valence-corrected chi connectivity index (χ0v) is 18.9. The van der Waals surface area contributed by atoms with Gasteiger partial charge < -0.3 is 14.4 Å². The lowest BCUT2D eigenvalue weighted by Gasteiger charge is -2.31. The molecule has 1 aliphatic heterocycles. The molecule has 0 aromatic heterocycles. The van der Waals surface area contributed by atoms with Crippen LogP contribution in [0.2, 0.25) is 5.02 Å². The highest BCUT2D eigenvalue weighted by molar-refractivity contribution is 7.89. The first-order valence-electron chi connectivity index (χ1n) is 9.80. The maximum atomic E-state index is 12.6. The maximum Gasteiger partial charge on any atom is 0.246 e. The zero-order valence-electron chi connectivity index (χ0n) is 17.4. The number of carbonyl (C=O) groups excluding carboxylic acids is 1. The Labute approximate surface area is 187 Å². The van der Waals surface area contributed by atoms with Crippen molar-refractivity contribution in [3.05, 3.63) is 59.1 Å². The van der Waals surface area contributed by atoms with Crippen LogP contribution in [-0.2, 0) is 14.8 Å². The largest absolute Gasteiger partial charge is 0.493 e. The van der Waals surface area contributed by atoms with E-state index in [0.717, 1.165) is 0 Å². The fourth-order valence-corrected chi connectivity index (χ4v) is 5.03. The molecule has 0 unspecified atom stereocenters. The molecule has 1 N–H and O–H groups in total. The predicted octanol–water partition coefficient (Wildman–Crippen LogP) is 3.34. The molecule has 1 aliphatic rings. The number of amides is 1. The molecule has 2 aromatic carbocycles. The average Bonchev–Trinajstić information content (AvgIpc) is 2.78. The van der Waals surface area contributed by atoms with Crippen LogP contribution in [0.1, 0.15) is 18.4 Å². The van der Waals surface area contributed by atoms with Crippen LogP contribution in [0.5, 0.6) is 11.5 Å². The van der Waals surface area contributed by atoms with E-state index in [9.17, 15) is 13.2 Å². The lowest BCUT2D eigenvalue weighted by atomic mass is 10.1. The van der Waals surface area contributed by atoms with Crippen molar-refractivity contribution in [2.75, 3.05) is 27.3 Å². The molecule has 1 fully saturated rings. The van der Waals surface area contributed by atoms with E-state index in [1.165, 1.54) is 20.3 Å². The summed E-state index contributed by atoms with van der Waals surface area (Å²) in [6.45, 7) is 0.940. The third-order valence-corrected chi connectivity index (χ3v) is 6.87. The lowest BCUT2D eigenvalue weighted by Crippen LogP contribution is -2.46. The summed E-state index contributed by atoms with van der Waals surface area (Å²) in [4.78, 5) is 14.5. The summed E-state index contributed by atoms with van der Waals surface area (Å²) in [5.41, 5.74) is 0.710. The Bertz CT molecular complexity index is 1050. The molecule has 7 nitrogen and oxygen atoms in total. The number of piperidine rings is 1. The van der Waals surface area contributed by atoms with Crippen molar-refractivity contribution in [1.29, 1.82) is 0 Å². The van der Waals surface area contributed by atoms with Gasteiger partial charge in [0.05, 0.1) is 24.1 Å². The Morgan fingerprint density at radius 1 is 1.13 bits per heavy atom. The average molecular weight is 465 g/mol. The van der Waals surface area contributed by atoms with Crippen molar-refractivity contribution >= 4 is 33.6 Å². The number of nitrogens with zero attached hydrogens (tertiary/aromatic N) is 1. The van der Waals surface area contributed by atoms with Gasteiger partial charge in [0.2, 0.25) is 15.9 Å². The molecule has 0 aliphatic carbocycles. The van der Waals surface area contributed by atoms with Crippen molar-refractivity contribution in [2.45, 2.75) is 23.8 Å². The summed E-state index contributed by atoms with van der Waals surface area (Å²) in [5, 5.41) is 0.389. The van der Waals surface area contributed by atoms with Crippen LogP contribution in [0.25, 0.3) is 6.08 Å². The number of nitrogens with one attached hydrogen (secondary N) is 1. The molecule has 1 amide bonds. The molecule has 3 rings (SSSR count). The standard InChI is InChI=1S/C22H25ClN2O5S/c1-29-20-15-16(14-19(23)22(20)30-2)8-9-21(26)25-12-10-17(11-13-25)24-31(27,28)18-6-4-3-5-7-18/h3-9,14-15,17,24H,10-13H2,1-2H3/b9-8+. The molecular formula is C22H25ClN2O5S. The number of hydrogen-bond acceptors (Lipinski definition) is 5. The molecule has 1 heterocycles. The maximum absolute atomic E-state index is 12.6. The first-order chi connectivity index (χ1) is 14.8. The van der Waals surface area contributed by atoms with Gasteiger partial charge in [-0.05, 0) is 48.7 Å². The van der Waals surface area contributed by atoms with Gasteiger partial charge in [-0.25, -0.2) is 13.1 Å². The van der Waals surface area contributed by atoms with E-state index in [-0.39, 0.29) is 16.8 Å². The Morgan fingerprint density at radius 3 is 2.42 bits per heavy atom. The fraction of sp³-hybridized carbons (Fsp3) is 0.318. The summed E-state index contributed by atoms with van der Waals surface area (Å²) in [6.07, 6.45) is 4.24. The number of halogens is 1. The van der Waals surface area contributed by atoms with E-state index < -0.39 is 10.0 Å². The number of rotatable bonds is 7. The van der Waals surface area contributed by atoms with Crippen molar-refractivity contribution < 1.29 is 22.7 Å². The molecule has 2 aromatic rings. The first kappa shape index (κ1) is 23.1. The van der Waals surface area contributed by atoms with E-state index in [4.69, 9.17) is 21.1 Å². The number of methoxy groups -OCH3 is 2. The Kier molecular flexibility index (Phi) is 7.59. The van der Waals surface area contributed by atoms with Crippen LogP contribution in [0, 0.1) is 0 Å². The lowest BCUT2D eigenvalue weighted by molar-refractivity contribution is -0.126. The van der Waals surface area contributed by atoms with Gasteiger partial charge in [0.15, 0.2) is 11.5 Å². The van der Waals surface area contributed by atoms with E-state index in [0.29, 0.717) is 48.0 Å². The van der Waals surface area contributed by atoms with E-state index in [1.807, 2.05) is 0 Å². The van der Waals surface area contributed by atoms with Crippen LogP contribution in [0.4, 0.5) is 0 Å². The van der Waals surface area contributed by atoms with Gasteiger partial charge in [0, 0.05) is 25.2 Å². The highest BCUT2D eigenvalue weighted by atomic mass is 35.5. The van der Waals surface area contributed by atoms with E-state index in [2.05, 4.69) is 4.72 Å². The van der Waals surface area contributed by atoms with Crippen molar-refractivity contribution in [2.24, 2.45) is 0 Å². The summed E-state index contributed by atoms with van der Waals surface area (Å²) < 4.78 is 38.2. The number of hydrogen-bond donors (Lipinski definition) is 1. The van der Waals surface area contributed by atoms with Gasteiger partial charge in [-0.15, -0.1) is 0 Å². The Balaban J connectivity index is 1.58. The second kappa shape index (κ2) is 10.2. The van der Waals surface area contributed by atoms with Gasteiger partial charge in [0.25, 0.3) is 0 Å². The fourth-order valence-electron chi connectivity index (χ4n) is 3.41. The van der Waals surface area contributed by atoms with E-state index >= 15 is 0 Å². The number of sulfonamides is 1. The normalized spacial score (nSPS) is 15.3. The van der Waals surface area contributed by atoms with Crippen LogP contribution in [0.15, 0.2) is 53.4 Å². The third-order valence-electron chi connectivity index (χ3n) is 5.06. The molecule has 0 bridgehead atoms. The topological polar surface area (TPSA) is 84.9 Å². The summed E-state index contributed by atoms with van der Waals surface area (Å²) in [6, 6.07) is 11.5. The molecule has 31 heavy (non-hydrogen) atoms. The first-order valence-corrected chi connectivity index (χ1v) is 11.7. The summed E-state index contributed by atoms with van der Waals surface area (Å²) in [7, 11) is -0.539. The van der Waals surface area contributed by atoms with Crippen molar-refractivity contribution in [3.8, 4) is 11.5 Å². The Hall–Kier alpha value is -2.55. The minimum Gasteiger partial charge on any atom is -0.493 e. The number of likely N-dealkylation sites (tertiary alicyclic amines) is 1. The number of benzene rings is 2. The number of ether oxygens (including phenoxy) is 2.